The van der Waals surface area contributed by atoms with Crippen LogP contribution in [0.15, 0.2) is 54.6 Å². The van der Waals surface area contributed by atoms with E-state index in [0.29, 0.717) is 6.42 Å². The first-order valence-corrected chi connectivity index (χ1v) is 9.13. The van der Waals surface area contributed by atoms with Crippen molar-refractivity contribution < 1.29 is 9.69 Å². The summed E-state index contributed by atoms with van der Waals surface area (Å²) in [5.74, 6) is 0.278. The van der Waals surface area contributed by atoms with E-state index in [4.69, 9.17) is 0 Å². The van der Waals surface area contributed by atoms with Gasteiger partial charge in [0.25, 0.3) is 0 Å². The van der Waals surface area contributed by atoms with E-state index < -0.39 is 0 Å². The third kappa shape index (κ3) is 4.83. The second-order valence-electron chi connectivity index (χ2n) is 7.06. The molecular formula is C21H28N3O+. The summed E-state index contributed by atoms with van der Waals surface area (Å²) < 4.78 is 0. The van der Waals surface area contributed by atoms with Crippen LogP contribution in [0, 0.1) is 0 Å². The van der Waals surface area contributed by atoms with Crippen LogP contribution in [0.2, 0.25) is 0 Å². The highest BCUT2D eigenvalue weighted by molar-refractivity contribution is 5.91. The first kappa shape index (κ1) is 17.5. The normalized spacial score (nSPS) is 16.5. The van der Waals surface area contributed by atoms with Gasteiger partial charge in [0, 0.05) is 17.8 Å². The molecule has 4 heteroatoms. The van der Waals surface area contributed by atoms with Crippen molar-refractivity contribution in [2.75, 3.05) is 43.4 Å². The molecule has 0 radical (unpaired) electrons. The molecule has 1 atom stereocenters. The molecule has 0 aliphatic carbocycles. The van der Waals surface area contributed by atoms with Crippen LogP contribution in [0.3, 0.4) is 0 Å². The molecule has 0 unspecified atom stereocenters. The zero-order valence-corrected chi connectivity index (χ0v) is 15.2. The Morgan fingerprint density at radius 1 is 1.08 bits per heavy atom. The first-order chi connectivity index (χ1) is 12.1. The summed E-state index contributed by atoms with van der Waals surface area (Å²) in [6, 6.07) is 18.4. The first-order valence-electron chi connectivity index (χ1n) is 9.13. The molecule has 1 heterocycles. The lowest BCUT2D eigenvalue weighted by Gasteiger charge is -2.31. The highest BCUT2D eigenvalue weighted by atomic mass is 16.1. The van der Waals surface area contributed by atoms with Crippen molar-refractivity contribution in [1.29, 1.82) is 0 Å². The SMILES string of the molecule is C[C@@H](CC(=O)Nc1ccc(N2CC[NH+](C)CC2)cc1)c1ccccc1. The third-order valence-corrected chi connectivity index (χ3v) is 4.99. The molecule has 0 bridgehead atoms. The smallest absolute Gasteiger partial charge is 0.224 e. The Labute approximate surface area is 150 Å². The van der Waals surface area contributed by atoms with Crippen molar-refractivity contribution in [2.24, 2.45) is 0 Å². The molecule has 1 saturated heterocycles. The van der Waals surface area contributed by atoms with Crippen molar-refractivity contribution >= 4 is 17.3 Å². The van der Waals surface area contributed by atoms with Crippen LogP contribution in [-0.4, -0.2) is 39.1 Å². The van der Waals surface area contributed by atoms with Crippen molar-refractivity contribution in [3.05, 3.63) is 60.2 Å². The fourth-order valence-corrected chi connectivity index (χ4v) is 3.29. The van der Waals surface area contributed by atoms with Gasteiger partial charge < -0.3 is 15.1 Å². The van der Waals surface area contributed by atoms with Crippen LogP contribution in [-0.2, 0) is 4.79 Å². The monoisotopic (exact) mass is 338 g/mol. The average Bonchev–Trinajstić information content (AvgIpc) is 2.64. The number of benzene rings is 2. The van der Waals surface area contributed by atoms with Gasteiger partial charge in [-0.15, -0.1) is 0 Å². The van der Waals surface area contributed by atoms with E-state index >= 15 is 0 Å². The van der Waals surface area contributed by atoms with Gasteiger partial charge >= 0.3 is 0 Å². The van der Waals surface area contributed by atoms with Crippen LogP contribution in [0.25, 0.3) is 0 Å². The summed E-state index contributed by atoms with van der Waals surface area (Å²) in [4.78, 5) is 16.3. The fourth-order valence-electron chi connectivity index (χ4n) is 3.29. The molecule has 2 aromatic carbocycles. The number of likely N-dealkylation sites (N-methyl/N-ethyl adjacent to an activating group) is 1. The molecule has 132 valence electrons. The lowest BCUT2D eigenvalue weighted by atomic mass is 9.97. The number of nitrogens with zero attached hydrogens (tertiary/aromatic N) is 1. The number of carbonyl (C=O) groups is 1. The Morgan fingerprint density at radius 2 is 1.72 bits per heavy atom. The Morgan fingerprint density at radius 3 is 2.36 bits per heavy atom. The molecule has 1 aliphatic heterocycles. The molecule has 25 heavy (non-hydrogen) atoms. The van der Waals surface area contributed by atoms with E-state index in [9.17, 15) is 4.79 Å². The number of rotatable bonds is 5. The number of quaternary nitrogens is 1. The minimum atomic E-state index is 0.0623. The number of carbonyl (C=O) groups excluding carboxylic acids is 1. The average molecular weight is 338 g/mol. The third-order valence-electron chi connectivity index (χ3n) is 4.99. The Kier molecular flexibility index (Phi) is 5.71. The molecule has 0 saturated carbocycles. The van der Waals surface area contributed by atoms with Gasteiger partial charge in [0.1, 0.15) is 0 Å². The molecule has 2 aromatic rings. The van der Waals surface area contributed by atoms with Crippen molar-refractivity contribution in [3.63, 3.8) is 0 Å². The number of hydrogen-bond donors (Lipinski definition) is 2. The maximum Gasteiger partial charge on any atom is 0.224 e. The highest BCUT2D eigenvalue weighted by Gasteiger charge is 2.17. The van der Waals surface area contributed by atoms with Gasteiger partial charge in [-0.3, -0.25) is 4.79 Å². The maximum atomic E-state index is 12.3. The lowest BCUT2D eigenvalue weighted by Crippen LogP contribution is -3.12. The van der Waals surface area contributed by atoms with E-state index in [0.717, 1.165) is 18.8 Å². The fraction of sp³-hybridized carbons (Fsp3) is 0.381. The quantitative estimate of drug-likeness (QED) is 0.876. The van der Waals surface area contributed by atoms with E-state index in [-0.39, 0.29) is 11.8 Å². The van der Waals surface area contributed by atoms with E-state index in [1.54, 1.807) is 4.90 Å². The van der Waals surface area contributed by atoms with Crippen molar-refractivity contribution in [3.8, 4) is 0 Å². The summed E-state index contributed by atoms with van der Waals surface area (Å²) in [7, 11) is 2.24. The van der Waals surface area contributed by atoms with Gasteiger partial charge in [-0.1, -0.05) is 37.3 Å². The van der Waals surface area contributed by atoms with Gasteiger partial charge in [-0.2, -0.15) is 0 Å². The standard InChI is InChI=1S/C21H27N3O/c1-17(18-6-4-3-5-7-18)16-21(25)22-19-8-10-20(11-9-19)24-14-12-23(2)13-15-24/h3-11,17H,12-16H2,1-2H3,(H,22,25)/p+1/t17-/m0/s1. The second kappa shape index (κ2) is 8.17. The molecule has 3 rings (SSSR count). The topological polar surface area (TPSA) is 36.8 Å². The maximum absolute atomic E-state index is 12.3. The van der Waals surface area contributed by atoms with Crippen molar-refractivity contribution in [1.82, 2.24) is 0 Å². The summed E-state index contributed by atoms with van der Waals surface area (Å²) in [5, 5.41) is 3.02. The van der Waals surface area contributed by atoms with Gasteiger partial charge in [0.05, 0.1) is 33.2 Å². The molecule has 1 aliphatic rings. The Balaban J connectivity index is 1.53. The van der Waals surface area contributed by atoms with Gasteiger partial charge in [-0.05, 0) is 35.7 Å². The van der Waals surface area contributed by atoms with Crippen LogP contribution >= 0.6 is 0 Å². The number of anilines is 2. The number of nitrogens with one attached hydrogen (secondary N) is 2. The molecule has 1 fully saturated rings. The van der Waals surface area contributed by atoms with Gasteiger partial charge in [-0.25, -0.2) is 0 Å². The Hall–Kier alpha value is -2.33. The molecule has 0 aromatic heterocycles. The molecular weight excluding hydrogens is 310 g/mol. The molecule has 0 spiro atoms. The van der Waals surface area contributed by atoms with Gasteiger partial charge in [0.2, 0.25) is 5.91 Å². The van der Waals surface area contributed by atoms with E-state index in [2.05, 4.69) is 48.5 Å². The van der Waals surface area contributed by atoms with E-state index in [1.165, 1.54) is 24.3 Å². The predicted octanol–water partition coefficient (Wildman–Crippen LogP) is 2.15. The van der Waals surface area contributed by atoms with Gasteiger partial charge in [0.15, 0.2) is 0 Å². The van der Waals surface area contributed by atoms with Crippen LogP contribution in [0.1, 0.15) is 24.8 Å². The molecule has 1 amide bonds. The summed E-state index contributed by atoms with van der Waals surface area (Å²) in [6.45, 7) is 6.62. The largest absolute Gasteiger partial charge is 0.360 e. The summed E-state index contributed by atoms with van der Waals surface area (Å²) in [5.41, 5.74) is 3.31. The van der Waals surface area contributed by atoms with Crippen LogP contribution in [0.4, 0.5) is 11.4 Å². The zero-order valence-electron chi connectivity index (χ0n) is 15.2. The summed E-state index contributed by atoms with van der Waals surface area (Å²) >= 11 is 0. The zero-order chi connectivity index (χ0) is 17.6. The second-order valence-corrected chi connectivity index (χ2v) is 7.06. The summed E-state index contributed by atoms with van der Waals surface area (Å²) in [6.07, 6.45) is 0.493. The number of amides is 1. The van der Waals surface area contributed by atoms with Crippen LogP contribution < -0.4 is 15.1 Å². The molecule has 2 N–H and O–H groups in total. The minimum absolute atomic E-state index is 0.0623. The highest BCUT2D eigenvalue weighted by Crippen LogP contribution is 2.21. The number of piperazine rings is 1. The lowest BCUT2D eigenvalue weighted by molar-refractivity contribution is -0.880. The molecule has 4 nitrogen and oxygen atoms in total. The van der Waals surface area contributed by atoms with E-state index in [1.807, 2.05) is 30.3 Å². The Bertz CT molecular complexity index is 676. The minimum Gasteiger partial charge on any atom is -0.360 e. The van der Waals surface area contributed by atoms with Crippen LogP contribution in [0.5, 0.6) is 0 Å². The van der Waals surface area contributed by atoms with Crippen molar-refractivity contribution in [2.45, 2.75) is 19.3 Å². The number of hydrogen-bond acceptors (Lipinski definition) is 2. The predicted molar refractivity (Wildman–Crippen MR) is 103 cm³/mol.